The van der Waals surface area contributed by atoms with E-state index in [9.17, 15) is 0 Å². The highest BCUT2D eigenvalue weighted by atomic mass is 127. The molecule has 2 heteroatoms. The van der Waals surface area contributed by atoms with Gasteiger partial charge in [-0.05, 0) is 36.4 Å². The Labute approximate surface area is 64.2 Å². The first-order valence-electron chi connectivity index (χ1n) is 2.56. The maximum Gasteiger partial charge on any atom is 0.0846 e. The van der Waals surface area contributed by atoms with Gasteiger partial charge in [0.2, 0.25) is 0 Å². The molecule has 0 spiro atoms. The van der Waals surface area contributed by atoms with Crippen LogP contribution in [0, 0.1) is 0 Å². The maximum atomic E-state index is 5.03. The lowest BCUT2D eigenvalue weighted by Gasteiger charge is -2.05. The van der Waals surface area contributed by atoms with E-state index in [1.54, 1.807) is 7.11 Å². The zero-order valence-corrected chi connectivity index (χ0v) is 7.60. The Balaban J connectivity index is 3.63. The highest BCUT2D eigenvalue weighted by Gasteiger charge is 1.99. The van der Waals surface area contributed by atoms with E-state index in [1.165, 1.54) is 3.58 Å². The summed E-state index contributed by atoms with van der Waals surface area (Å²) in [5, 5.41) is 0. The number of rotatable bonds is 2. The topological polar surface area (TPSA) is 9.23 Å². The van der Waals surface area contributed by atoms with Crippen molar-refractivity contribution in [3.63, 3.8) is 0 Å². The molecule has 0 aliphatic carbocycles. The van der Waals surface area contributed by atoms with Crippen LogP contribution in [0.3, 0.4) is 0 Å². The number of halogens is 1. The largest absolute Gasteiger partial charge is 0.377 e. The van der Waals surface area contributed by atoms with Crippen molar-refractivity contribution in [3.8, 4) is 0 Å². The average molecular weight is 226 g/mol. The van der Waals surface area contributed by atoms with Gasteiger partial charge in [0, 0.05) is 10.7 Å². The van der Waals surface area contributed by atoms with E-state index in [0.29, 0.717) is 0 Å². The molecule has 0 aromatic rings. The molecule has 1 atom stereocenters. The van der Waals surface area contributed by atoms with Gasteiger partial charge in [-0.25, -0.2) is 0 Å². The third-order valence-electron chi connectivity index (χ3n) is 1.02. The molecule has 0 unspecified atom stereocenters. The van der Waals surface area contributed by atoms with E-state index in [-0.39, 0.29) is 6.10 Å². The Morgan fingerprint density at radius 3 is 2.38 bits per heavy atom. The van der Waals surface area contributed by atoms with Crippen LogP contribution >= 0.6 is 22.6 Å². The Kier molecular flexibility index (Phi) is 4.56. The van der Waals surface area contributed by atoms with Gasteiger partial charge in [0.1, 0.15) is 0 Å². The fourth-order valence-electron chi connectivity index (χ4n) is 0.347. The predicted octanol–water partition coefficient (Wildman–Crippen LogP) is 2.36. The molecule has 0 aromatic heterocycles. The van der Waals surface area contributed by atoms with Gasteiger partial charge in [-0.15, -0.1) is 0 Å². The lowest BCUT2D eigenvalue weighted by molar-refractivity contribution is 0.155. The molecule has 0 aromatic carbocycles. The summed E-state index contributed by atoms with van der Waals surface area (Å²) >= 11 is 2.27. The number of allylic oxidation sites excluding steroid dienone is 1. The first kappa shape index (κ1) is 8.43. The molecule has 0 N–H and O–H groups in total. The summed E-state index contributed by atoms with van der Waals surface area (Å²) in [7, 11) is 1.72. The predicted molar refractivity (Wildman–Crippen MR) is 44.2 cm³/mol. The lowest BCUT2D eigenvalue weighted by atomic mass is 10.4. The molecule has 0 bridgehead atoms. The molecule has 0 amide bonds. The van der Waals surface area contributed by atoms with Crippen molar-refractivity contribution in [2.75, 3.05) is 7.11 Å². The summed E-state index contributed by atoms with van der Waals surface area (Å²) < 4.78 is 6.28. The van der Waals surface area contributed by atoms with E-state index in [1.807, 2.05) is 13.8 Å². The standard InChI is InChI=1S/C6H11IO/c1-4-6(7)5(2)8-3/h4-5H,1-3H3/b6-4-/t5-/m0/s1. The van der Waals surface area contributed by atoms with Crippen LogP contribution in [0.5, 0.6) is 0 Å². The van der Waals surface area contributed by atoms with Crippen LogP contribution in [0.1, 0.15) is 13.8 Å². The van der Waals surface area contributed by atoms with E-state index < -0.39 is 0 Å². The minimum absolute atomic E-state index is 0.264. The smallest absolute Gasteiger partial charge is 0.0846 e. The van der Waals surface area contributed by atoms with Crippen LogP contribution in [-0.4, -0.2) is 13.2 Å². The quantitative estimate of drug-likeness (QED) is 0.656. The summed E-state index contributed by atoms with van der Waals surface area (Å²) in [6, 6.07) is 0. The molecule has 0 aliphatic heterocycles. The van der Waals surface area contributed by atoms with Crippen molar-refractivity contribution in [1.82, 2.24) is 0 Å². The molecule has 8 heavy (non-hydrogen) atoms. The van der Waals surface area contributed by atoms with Crippen LogP contribution in [0.2, 0.25) is 0 Å². The fraction of sp³-hybridized carbons (Fsp3) is 0.667. The van der Waals surface area contributed by atoms with Gasteiger partial charge in [-0.2, -0.15) is 0 Å². The number of methoxy groups -OCH3 is 1. The third kappa shape index (κ3) is 2.67. The van der Waals surface area contributed by atoms with Gasteiger partial charge < -0.3 is 4.74 Å². The summed E-state index contributed by atoms with van der Waals surface area (Å²) in [6.07, 6.45) is 2.31. The first-order chi connectivity index (χ1) is 3.72. The number of hydrogen-bond donors (Lipinski definition) is 0. The molecule has 0 saturated heterocycles. The van der Waals surface area contributed by atoms with E-state index >= 15 is 0 Å². The molecule has 0 aliphatic rings. The normalized spacial score (nSPS) is 16.2. The Bertz CT molecular complexity index is 88.5. The maximum absolute atomic E-state index is 5.03. The molecule has 0 saturated carbocycles. The Morgan fingerprint density at radius 1 is 1.75 bits per heavy atom. The highest BCUT2D eigenvalue weighted by Crippen LogP contribution is 2.12. The minimum atomic E-state index is 0.264. The van der Waals surface area contributed by atoms with Gasteiger partial charge in [0.15, 0.2) is 0 Å². The molecule has 1 nitrogen and oxygen atoms in total. The van der Waals surface area contributed by atoms with Crippen LogP contribution in [0.15, 0.2) is 9.66 Å². The van der Waals surface area contributed by atoms with Gasteiger partial charge in [0.25, 0.3) is 0 Å². The SMILES string of the molecule is C/C=C(\I)[C@H](C)OC. The van der Waals surface area contributed by atoms with Crippen molar-refractivity contribution < 1.29 is 4.74 Å². The van der Waals surface area contributed by atoms with Crippen molar-refractivity contribution in [2.24, 2.45) is 0 Å². The molecule has 0 rings (SSSR count). The van der Waals surface area contributed by atoms with E-state index in [0.717, 1.165) is 0 Å². The summed E-state index contributed by atoms with van der Waals surface area (Å²) in [5.41, 5.74) is 0. The van der Waals surface area contributed by atoms with E-state index in [2.05, 4.69) is 28.7 Å². The summed E-state index contributed by atoms with van der Waals surface area (Å²) in [4.78, 5) is 0. The highest BCUT2D eigenvalue weighted by molar-refractivity contribution is 14.1. The number of ether oxygens (including phenoxy) is 1. The third-order valence-corrected chi connectivity index (χ3v) is 2.52. The zero-order valence-electron chi connectivity index (χ0n) is 5.44. The molecule has 0 radical (unpaired) electrons. The van der Waals surface area contributed by atoms with Crippen LogP contribution in [-0.2, 0) is 4.74 Å². The molecular weight excluding hydrogens is 215 g/mol. The molecular formula is C6H11IO. The van der Waals surface area contributed by atoms with Gasteiger partial charge >= 0.3 is 0 Å². The second-order valence-electron chi connectivity index (χ2n) is 1.55. The Morgan fingerprint density at radius 2 is 2.25 bits per heavy atom. The average Bonchev–Trinajstić information content (AvgIpc) is 1.84. The number of hydrogen-bond acceptors (Lipinski definition) is 1. The first-order valence-corrected chi connectivity index (χ1v) is 3.64. The van der Waals surface area contributed by atoms with Crippen molar-refractivity contribution >= 4 is 22.6 Å². The van der Waals surface area contributed by atoms with Crippen LogP contribution in [0.4, 0.5) is 0 Å². The van der Waals surface area contributed by atoms with Crippen molar-refractivity contribution in [2.45, 2.75) is 20.0 Å². The monoisotopic (exact) mass is 226 g/mol. The minimum Gasteiger partial charge on any atom is -0.377 e. The van der Waals surface area contributed by atoms with E-state index in [4.69, 9.17) is 4.74 Å². The molecule has 0 heterocycles. The Hall–Kier alpha value is 0.430. The fourth-order valence-corrected chi connectivity index (χ4v) is 0.602. The second-order valence-corrected chi connectivity index (χ2v) is 2.80. The second kappa shape index (κ2) is 4.32. The van der Waals surface area contributed by atoms with Crippen molar-refractivity contribution in [3.05, 3.63) is 9.66 Å². The summed E-state index contributed by atoms with van der Waals surface area (Å²) in [6.45, 7) is 4.04. The van der Waals surface area contributed by atoms with Crippen molar-refractivity contribution in [1.29, 1.82) is 0 Å². The summed E-state index contributed by atoms with van der Waals surface area (Å²) in [5.74, 6) is 0. The molecule has 48 valence electrons. The van der Waals surface area contributed by atoms with Gasteiger partial charge in [-0.1, -0.05) is 6.08 Å². The van der Waals surface area contributed by atoms with Gasteiger partial charge in [-0.3, -0.25) is 0 Å². The lowest BCUT2D eigenvalue weighted by Crippen LogP contribution is -2.02. The zero-order chi connectivity index (χ0) is 6.57. The van der Waals surface area contributed by atoms with Crippen LogP contribution in [0.25, 0.3) is 0 Å². The van der Waals surface area contributed by atoms with Gasteiger partial charge in [0.05, 0.1) is 6.10 Å². The molecule has 0 fully saturated rings. The van der Waals surface area contributed by atoms with Crippen LogP contribution < -0.4 is 0 Å².